The predicted octanol–water partition coefficient (Wildman–Crippen LogP) is 2.88. The van der Waals surface area contributed by atoms with Crippen molar-refractivity contribution in [1.82, 2.24) is 20.0 Å². The van der Waals surface area contributed by atoms with Gasteiger partial charge in [0.25, 0.3) is 0 Å². The number of amides is 2. The normalized spacial score (nSPS) is 10.8. The molecule has 0 aliphatic heterocycles. The maximum Gasteiger partial charge on any atom is 0.321 e. The lowest BCUT2D eigenvalue weighted by Gasteiger charge is -2.22. The first-order valence-corrected chi connectivity index (χ1v) is 7.90. The number of aromatic nitrogens is 2. The van der Waals surface area contributed by atoms with Crippen molar-refractivity contribution in [3.05, 3.63) is 36.5 Å². The van der Waals surface area contributed by atoms with Crippen LogP contribution < -0.4 is 5.32 Å². The van der Waals surface area contributed by atoms with E-state index in [4.69, 9.17) is 0 Å². The zero-order valence-corrected chi connectivity index (χ0v) is 14.0. The summed E-state index contributed by atoms with van der Waals surface area (Å²) in [5.41, 5.74) is 2.80. The Morgan fingerprint density at radius 3 is 2.48 bits per heavy atom. The summed E-state index contributed by atoms with van der Waals surface area (Å²) in [4.78, 5) is 16.3. The molecule has 6 heteroatoms. The van der Waals surface area contributed by atoms with Crippen molar-refractivity contribution in [2.24, 2.45) is 0 Å². The molecule has 0 atom stereocenters. The first-order valence-electron chi connectivity index (χ1n) is 7.90. The fraction of sp³-hybridized carbons (Fsp3) is 0.412. The zero-order chi connectivity index (χ0) is 16.7. The van der Waals surface area contributed by atoms with Gasteiger partial charge in [-0.25, -0.2) is 4.79 Å². The minimum absolute atomic E-state index is 0.0550. The lowest BCUT2D eigenvalue weighted by atomic mass is 10.1. The van der Waals surface area contributed by atoms with Crippen LogP contribution in [0.15, 0.2) is 36.5 Å². The molecule has 6 nitrogen and oxygen atoms in total. The third-order valence-corrected chi connectivity index (χ3v) is 3.65. The quantitative estimate of drug-likeness (QED) is 0.826. The fourth-order valence-electron chi connectivity index (χ4n) is 2.33. The monoisotopic (exact) mass is 315 g/mol. The largest absolute Gasteiger partial charge is 0.325 e. The molecule has 23 heavy (non-hydrogen) atoms. The summed E-state index contributed by atoms with van der Waals surface area (Å²) in [5.74, 6) is 0. The van der Waals surface area contributed by atoms with E-state index < -0.39 is 0 Å². The maximum absolute atomic E-state index is 12.3. The topological polar surface area (TPSA) is 64.3 Å². The Labute approximate surface area is 137 Å². The number of hydrogen-bond donors (Lipinski definition) is 2. The van der Waals surface area contributed by atoms with E-state index in [1.54, 1.807) is 6.20 Å². The minimum Gasteiger partial charge on any atom is -0.325 e. The first kappa shape index (κ1) is 17.0. The van der Waals surface area contributed by atoms with Crippen LogP contribution >= 0.6 is 0 Å². The third-order valence-electron chi connectivity index (χ3n) is 3.65. The number of hydrogen-bond acceptors (Lipinski definition) is 3. The van der Waals surface area contributed by atoms with Gasteiger partial charge in [0.15, 0.2) is 0 Å². The van der Waals surface area contributed by atoms with E-state index >= 15 is 0 Å². The Morgan fingerprint density at radius 2 is 1.91 bits per heavy atom. The molecule has 2 aromatic rings. The molecule has 0 saturated heterocycles. The molecule has 0 saturated carbocycles. The van der Waals surface area contributed by atoms with Crippen LogP contribution in [-0.2, 0) is 0 Å². The number of nitrogens with one attached hydrogen (secondary N) is 2. The summed E-state index contributed by atoms with van der Waals surface area (Å²) < 4.78 is 0. The van der Waals surface area contributed by atoms with E-state index in [1.165, 1.54) is 0 Å². The first-order chi connectivity index (χ1) is 11.1. The Kier molecular flexibility index (Phi) is 6.17. The number of urea groups is 1. The van der Waals surface area contributed by atoms with Gasteiger partial charge in [-0.15, -0.1) is 0 Å². The predicted molar refractivity (Wildman–Crippen MR) is 93.5 cm³/mol. The average Bonchev–Trinajstić information content (AvgIpc) is 3.06. The molecule has 0 unspecified atom stereocenters. The Bertz CT molecular complexity index is 592. The SMILES string of the molecule is CCN(CCCN(C)C)C(=O)Nc1ccc(-c2ccn[nH]2)cc1. The highest BCUT2D eigenvalue weighted by molar-refractivity contribution is 5.89. The van der Waals surface area contributed by atoms with E-state index in [1.807, 2.05) is 56.3 Å². The summed E-state index contributed by atoms with van der Waals surface area (Å²) in [6.45, 7) is 4.43. The number of rotatable bonds is 7. The summed E-state index contributed by atoms with van der Waals surface area (Å²) in [5, 5.41) is 9.81. The van der Waals surface area contributed by atoms with Crippen molar-refractivity contribution in [2.75, 3.05) is 39.0 Å². The van der Waals surface area contributed by atoms with Crippen LogP contribution in [-0.4, -0.2) is 59.8 Å². The van der Waals surface area contributed by atoms with Crippen LogP contribution in [0, 0.1) is 0 Å². The summed E-state index contributed by atoms with van der Waals surface area (Å²) in [6, 6.07) is 9.60. The molecule has 0 bridgehead atoms. The second-order valence-electron chi connectivity index (χ2n) is 5.71. The molecule has 124 valence electrons. The molecule has 2 amide bonds. The van der Waals surface area contributed by atoms with Crippen LogP contribution in [0.5, 0.6) is 0 Å². The summed E-state index contributed by atoms with van der Waals surface area (Å²) >= 11 is 0. The van der Waals surface area contributed by atoms with Crippen LogP contribution in [0.1, 0.15) is 13.3 Å². The number of H-pyrrole nitrogens is 1. The van der Waals surface area contributed by atoms with Crippen molar-refractivity contribution in [3.8, 4) is 11.3 Å². The second kappa shape index (κ2) is 8.33. The van der Waals surface area contributed by atoms with E-state index in [0.717, 1.165) is 36.5 Å². The molecule has 1 aromatic heterocycles. The standard InChI is InChI=1S/C17H25N5O/c1-4-22(13-5-12-21(2)3)17(23)19-15-8-6-14(7-9-15)16-10-11-18-20-16/h6-11H,4-5,12-13H2,1-3H3,(H,18,20)(H,19,23). The van der Waals surface area contributed by atoms with E-state index in [2.05, 4.69) is 20.4 Å². The van der Waals surface area contributed by atoms with Crippen molar-refractivity contribution >= 4 is 11.7 Å². The Morgan fingerprint density at radius 1 is 1.17 bits per heavy atom. The van der Waals surface area contributed by atoms with Gasteiger partial charge in [-0.2, -0.15) is 5.10 Å². The molecule has 0 spiro atoms. The summed E-state index contributed by atoms with van der Waals surface area (Å²) in [6.07, 6.45) is 2.69. The lowest BCUT2D eigenvalue weighted by Crippen LogP contribution is -2.36. The van der Waals surface area contributed by atoms with Crippen LogP contribution in [0.25, 0.3) is 11.3 Å². The van der Waals surface area contributed by atoms with Crippen molar-refractivity contribution < 1.29 is 4.79 Å². The van der Waals surface area contributed by atoms with Crippen LogP contribution in [0.2, 0.25) is 0 Å². The smallest absolute Gasteiger partial charge is 0.321 e. The average molecular weight is 315 g/mol. The Hall–Kier alpha value is -2.34. The van der Waals surface area contributed by atoms with E-state index in [9.17, 15) is 4.79 Å². The highest BCUT2D eigenvalue weighted by Gasteiger charge is 2.11. The van der Waals surface area contributed by atoms with Gasteiger partial charge in [0.2, 0.25) is 0 Å². The number of carbonyl (C=O) groups is 1. The molecule has 1 heterocycles. The van der Waals surface area contributed by atoms with Gasteiger partial charge < -0.3 is 15.1 Å². The van der Waals surface area contributed by atoms with Gasteiger partial charge in [-0.1, -0.05) is 12.1 Å². The minimum atomic E-state index is -0.0550. The Balaban J connectivity index is 1.90. The van der Waals surface area contributed by atoms with Crippen molar-refractivity contribution in [1.29, 1.82) is 0 Å². The number of carbonyl (C=O) groups excluding carboxylic acids is 1. The van der Waals surface area contributed by atoms with Gasteiger partial charge in [0.1, 0.15) is 0 Å². The van der Waals surface area contributed by atoms with E-state index in [-0.39, 0.29) is 6.03 Å². The van der Waals surface area contributed by atoms with Gasteiger partial charge in [0, 0.05) is 25.0 Å². The summed E-state index contributed by atoms with van der Waals surface area (Å²) in [7, 11) is 4.08. The number of nitrogens with zero attached hydrogens (tertiary/aromatic N) is 3. The number of benzene rings is 1. The zero-order valence-electron chi connectivity index (χ0n) is 14.0. The van der Waals surface area contributed by atoms with Crippen LogP contribution in [0.3, 0.4) is 0 Å². The lowest BCUT2D eigenvalue weighted by molar-refractivity contribution is 0.211. The molecular weight excluding hydrogens is 290 g/mol. The van der Waals surface area contributed by atoms with E-state index in [0.29, 0.717) is 6.54 Å². The molecule has 2 N–H and O–H groups in total. The molecule has 0 aliphatic rings. The molecular formula is C17H25N5O. The van der Waals surface area contributed by atoms with Gasteiger partial charge in [0.05, 0.1) is 5.69 Å². The molecule has 0 fully saturated rings. The number of aromatic amines is 1. The highest BCUT2D eigenvalue weighted by atomic mass is 16.2. The third kappa shape index (κ3) is 5.10. The van der Waals surface area contributed by atoms with Gasteiger partial charge in [-0.05, 0) is 57.7 Å². The van der Waals surface area contributed by atoms with Crippen molar-refractivity contribution in [3.63, 3.8) is 0 Å². The molecule has 2 rings (SSSR count). The van der Waals surface area contributed by atoms with Crippen LogP contribution in [0.4, 0.5) is 10.5 Å². The fourth-order valence-corrected chi connectivity index (χ4v) is 2.33. The second-order valence-corrected chi connectivity index (χ2v) is 5.71. The maximum atomic E-state index is 12.3. The number of anilines is 1. The van der Waals surface area contributed by atoms with Gasteiger partial charge >= 0.3 is 6.03 Å². The molecule has 0 aliphatic carbocycles. The highest BCUT2D eigenvalue weighted by Crippen LogP contribution is 2.19. The van der Waals surface area contributed by atoms with Crippen molar-refractivity contribution in [2.45, 2.75) is 13.3 Å². The molecule has 0 radical (unpaired) electrons. The van der Waals surface area contributed by atoms with Gasteiger partial charge in [-0.3, -0.25) is 5.10 Å². The molecule has 1 aromatic carbocycles.